The van der Waals surface area contributed by atoms with Crippen molar-refractivity contribution in [2.24, 2.45) is 5.92 Å². The van der Waals surface area contributed by atoms with Gasteiger partial charge in [-0.15, -0.1) is 0 Å². The highest BCUT2D eigenvalue weighted by molar-refractivity contribution is 5.95. The van der Waals surface area contributed by atoms with Gasteiger partial charge in [0.1, 0.15) is 5.75 Å². The number of allylic oxidation sites excluding steroid dienone is 2. The van der Waals surface area contributed by atoms with Crippen molar-refractivity contribution in [3.05, 3.63) is 71.3 Å². The van der Waals surface area contributed by atoms with Crippen LogP contribution in [-0.2, 0) is 0 Å². The fourth-order valence-electron chi connectivity index (χ4n) is 4.20. The van der Waals surface area contributed by atoms with E-state index in [-0.39, 0.29) is 23.9 Å². The van der Waals surface area contributed by atoms with E-state index in [1.54, 1.807) is 6.07 Å². The maximum absolute atomic E-state index is 12.5. The van der Waals surface area contributed by atoms with Crippen molar-refractivity contribution in [1.82, 2.24) is 5.32 Å². The van der Waals surface area contributed by atoms with Crippen LogP contribution in [0.3, 0.4) is 0 Å². The first-order chi connectivity index (χ1) is 13.1. The topological polar surface area (TPSA) is 61.4 Å². The van der Waals surface area contributed by atoms with Crippen LogP contribution in [0.5, 0.6) is 5.75 Å². The molecule has 4 atom stereocenters. The number of benzene rings is 2. The number of carbonyl (C=O) groups is 1. The minimum Gasteiger partial charge on any atom is -0.508 e. The molecular weight excluding hydrogens is 336 g/mol. The Morgan fingerprint density at radius 1 is 1.26 bits per heavy atom. The second-order valence-electron chi connectivity index (χ2n) is 7.62. The summed E-state index contributed by atoms with van der Waals surface area (Å²) in [4.78, 5) is 12.5. The van der Waals surface area contributed by atoms with Crippen LogP contribution in [-0.4, -0.2) is 17.1 Å². The second-order valence-corrected chi connectivity index (χ2v) is 7.62. The summed E-state index contributed by atoms with van der Waals surface area (Å²) in [5, 5.41) is 17.0. The predicted octanol–water partition coefficient (Wildman–Crippen LogP) is 4.75. The molecule has 2 aliphatic rings. The first-order valence-electron chi connectivity index (χ1n) is 9.74. The van der Waals surface area contributed by atoms with Gasteiger partial charge in [-0.05, 0) is 55.5 Å². The van der Waals surface area contributed by atoms with Gasteiger partial charge < -0.3 is 15.7 Å². The standard InChI is InChI=1S/C23H26N2O2/c1-3-14(2)24-23(27)15-11-12-20-19(13-15)16-8-6-9-17(16)22(25-20)18-7-4-5-10-21(18)26/h4-8,10-14,16-17,22,25-26H,3,9H2,1-2H3,(H,24,27). The summed E-state index contributed by atoms with van der Waals surface area (Å²) in [5.41, 5.74) is 3.84. The zero-order valence-electron chi connectivity index (χ0n) is 15.8. The van der Waals surface area contributed by atoms with Crippen LogP contribution in [0.4, 0.5) is 5.69 Å². The van der Waals surface area contributed by atoms with Gasteiger partial charge in [0.25, 0.3) is 5.91 Å². The highest BCUT2D eigenvalue weighted by atomic mass is 16.3. The summed E-state index contributed by atoms with van der Waals surface area (Å²) in [6, 6.07) is 13.7. The van der Waals surface area contributed by atoms with Gasteiger partial charge in [0.05, 0.1) is 6.04 Å². The number of phenolic OH excluding ortho intramolecular Hbond substituents is 1. The van der Waals surface area contributed by atoms with Crippen molar-refractivity contribution in [2.45, 2.75) is 44.7 Å². The van der Waals surface area contributed by atoms with Gasteiger partial charge >= 0.3 is 0 Å². The lowest BCUT2D eigenvalue weighted by Gasteiger charge is -2.38. The van der Waals surface area contributed by atoms with Crippen molar-refractivity contribution >= 4 is 11.6 Å². The molecule has 0 radical (unpaired) electrons. The van der Waals surface area contributed by atoms with Crippen LogP contribution in [0.1, 0.15) is 60.1 Å². The van der Waals surface area contributed by atoms with Crippen LogP contribution in [0, 0.1) is 5.92 Å². The van der Waals surface area contributed by atoms with Crippen molar-refractivity contribution in [2.75, 3.05) is 5.32 Å². The van der Waals surface area contributed by atoms with E-state index in [1.807, 2.05) is 43.3 Å². The molecule has 0 aromatic heterocycles. The molecule has 2 aromatic rings. The molecule has 4 rings (SSSR count). The number of amides is 1. The number of hydrogen-bond acceptors (Lipinski definition) is 3. The third-order valence-electron chi connectivity index (χ3n) is 5.89. The lowest BCUT2D eigenvalue weighted by molar-refractivity contribution is 0.0939. The molecule has 1 heterocycles. The van der Waals surface area contributed by atoms with E-state index >= 15 is 0 Å². The SMILES string of the molecule is CCC(C)NC(=O)c1ccc2c(c1)C1C=CCC1C(c1ccccc1O)N2. The molecule has 1 amide bonds. The summed E-state index contributed by atoms with van der Waals surface area (Å²) in [6.07, 6.45) is 6.33. The number of phenols is 1. The van der Waals surface area contributed by atoms with Crippen LogP contribution < -0.4 is 10.6 Å². The highest BCUT2D eigenvalue weighted by Gasteiger charge is 2.39. The second kappa shape index (κ2) is 7.10. The van der Waals surface area contributed by atoms with Crippen molar-refractivity contribution in [1.29, 1.82) is 0 Å². The lowest BCUT2D eigenvalue weighted by Crippen LogP contribution is -2.33. The Labute approximate surface area is 160 Å². The molecule has 27 heavy (non-hydrogen) atoms. The molecule has 4 unspecified atom stereocenters. The Morgan fingerprint density at radius 3 is 2.85 bits per heavy atom. The number of para-hydroxylation sites is 1. The minimum absolute atomic E-state index is 0.0199. The Hall–Kier alpha value is -2.75. The van der Waals surface area contributed by atoms with E-state index in [4.69, 9.17) is 0 Å². The number of hydrogen-bond donors (Lipinski definition) is 3. The van der Waals surface area contributed by atoms with Crippen molar-refractivity contribution < 1.29 is 9.90 Å². The molecule has 140 valence electrons. The first-order valence-corrected chi connectivity index (χ1v) is 9.74. The number of carbonyl (C=O) groups excluding carboxylic acids is 1. The summed E-state index contributed by atoms with van der Waals surface area (Å²) in [6.45, 7) is 4.08. The van der Waals surface area contributed by atoms with E-state index in [0.29, 0.717) is 17.2 Å². The van der Waals surface area contributed by atoms with Crippen molar-refractivity contribution in [3.63, 3.8) is 0 Å². The van der Waals surface area contributed by atoms with Gasteiger partial charge in [0.15, 0.2) is 0 Å². The first kappa shape index (κ1) is 17.7. The zero-order chi connectivity index (χ0) is 19.0. The lowest BCUT2D eigenvalue weighted by atomic mass is 9.76. The van der Waals surface area contributed by atoms with Crippen LogP contribution in [0.2, 0.25) is 0 Å². The van der Waals surface area contributed by atoms with E-state index in [9.17, 15) is 9.90 Å². The zero-order valence-corrected chi connectivity index (χ0v) is 15.8. The maximum atomic E-state index is 12.5. The van der Waals surface area contributed by atoms with E-state index in [1.165, 1.54) is 0 Å². The molecule has 0 fully saturated rings. The van der Waals surface area contributed by atoms with Gasteiger partial charge in [0.2, 0.25) is 0 Å². The third-order valence-corrected chi connectivity index (χ3v) is 5.89. The Balaban J connectivity index is 1.68. The Kier molecular flexibility index (Phi) is 4.65. The van der Waals surface area contributed by atoms with Gasteiger partial charge in [-0.25, -0.2) is 0 Å². The van der Waals surface area contributed by atoms with E-state index in [2.05, 4.69) is 29.7 Å². The molecule has 0 spiro atoms. The molecule has 0 saturated carbocycles. The van der Waals surface area contributed by atoms with Crippen LogP contribution in [0.15, 0.2) is 54.6 Å². The minimum atomic E-state index is -0.0199. The average molecular weight is 362 g/mol. The van der Waals surface area contributed by atoms with Crippen LogP contribution >= 0.6 is 0 Å². The predicted molar refractivity (Wildman–Crippen MR) is 108 cm³/mol. The summed E-state index contributed by atoms with van der Waals surface area (Å²) >= 11 is 0. The molecular formula is C23H26N2O2. The number of fused-ring (bicyclic) bond motifs is 3. The number of aromatic hydroxyl groups is 1. The summed E-state index contributed by atoms with van der Waals surface area (Å²) < 4.78 is 0. The average Bonchev–Trinajstić information content (AvgIpc) is 3.17. The molecule has 2 aromatic carbocycles. The number of nitrogens with one attached hydrogen (secondary N) is 2. The van der Waals surface area contributed by atoms with Crippen LogP contribution in [0.25, 0.3) is 0 Å². The molecule has 0 bridgehead atoms. The number of anilines is 1. The fourth-order valence-corrected chi connectivity index (χ4v) is 4.20. The van der Waals surface area contributed by atoms with E-state index in [0.717, 1.165) is 29.7 Å². The highest BCUT2D eigenvalue weighted by Crippen LogP contribution is 2.51. The molecule has 0 saturated heterocycles. The normalized spacial score (nSPS) is 23.9. The number of rotatable bonds is 4. The van der Waals surface area contributed by atoms with Crippen molar-refractivity contribution in [3.8, 4) is 5.75 Å². The monoisotopic (exact) mass is 362 g/mol. The third kappa shape index (κ3) is 3.20. The Bertz CT molecular complexity index is 890. The molecule has 1 aliphatic carbocycles. The van der Waals surface area contributed by atoms with Gasteiger partial charge in [-0.1, -0.05) is 37.3 Å². The quantitative estimate of drug-likeness (QED) is 0.688. The molecule has 4 heteroatoms. The van der Waals surface area contributed by atoms with Gasteiger partial charge in [-0.3, -0.25) is 4.79 Å². The Morgan fingerprint density at radius 2 is 2.07 bits per heavy atom. The fraction of sp³-hybridized carbons (Fsp3) is 0.348. The summed E-state index contributed by atoms with van der Waals surface area (Å²) in [7, 11) is 0. The molecule has 1 aliphatic heterocycles. The largest absolute Gasteiger partial charge is 0.508 e. The maximum Gasteiger partial charge on any atom is 0.251 e. The van der Waals surface area contributed by atoms with E-state index < -0.39 is 0 Å². The van der Waals surface area contributed by atoms with Gasteiger partial charge in [0, 0.05) is 28.8 Å². The molecule has 4 nitrogen and oxygen atoms in total. The van der Waals surface area contributed by atoms with Gasteiger partial charge in [-0.2, -0.15) is 0 Å². The molecule has 3 N–H and O–H groups in total. The summed E-state index contributed by atoms with van der Waals surface area (Å²) in [5.74, 6) is 0.892. The smallest absolute Gasteiger partial charge is 0.251 e.